The van der Waals surface area contributed by atoms with E-state index in [1.807, 2.05) is 42.8 Å². The molecule has 0 saturated carbocycles. The highest BCUT2D eigenvalue weighted by molar-refractivity contribution is 7.99. The zero-order chi connectivity index (χ0) is 13.1. The zero-order valence-corrected chi connectivity index (χ0v) is 11.5. The first-order chi connectivity index (χ1) is 8.63. The summed E-state index contributed by atoms with van der Waals surface area (Å²) in [4.78, 5) is 13.8. The predicted molar refractivity (Wildman–Crippen MR) is 72.1 cm³/mol. The maximum Gasteiger partial charge on any atom is 0.354 e. The highest BCUT2D eigenvalue weighted by Gasteiger charge is 2.16. The van der Waals surface area contributed by atoms with Crippen molar-refractivity contribution >= 4 is 17.7 Å². The minimum atomic E-state index is -0.305. The van der Waals surface area contributed by atoms with Crippen molar-refractivity contribution in [2.75, 3.05) is 7.11 Å². The molecule has 0 aliphatic heterocycles. The Balaban J connectivity index is 2.32. The molecule has 2 aromatic rings. The third kappa shape index (κ3) is 2.43. The molecule has 2 rings (SSSR count). The van der Waals surface area contributed by atoms with Crippen molar-refractivity contribution < 1.29 is 9.53 Å². The second kappa shape index (κ2) is 5.31. The van der Waals surface area contributed by atoms with Crippen LogP contribution in [0.2, 0.25) is 0 Å². The smallest absolute Gasteiger partial charge is 0.354 e. The van der Waals surface area contributed by atoms with Crippen LogP contribution in [0.5, 0.6) is 0 Å². The monoisotopic (exact) mass is 261 g/mol. The van der Waals surface area contributed by atoms with Gasteiger partial charge < -0.3 is 9.30 Å². The molecule has 0 fully saturated rings. The average molecular weight is 261 g/mol. The Bertz CT molecular complexity index is 561. The number of esters is 1. The Morgan fingerprint density at radius 1 is 1.28 bits per heavy atom. The summed E-state index contributed by atoms with van der Waals surface area (Å²) in [5, 5.41) is 0. The van der Waals surface area contributed by atoms with Gasteiger partial charge in [-0.15, -0.1) is 0 Å². The van der Waals surface area contributed by atoms with E-state index < -0.39 is 0 Å². The minimum absolute atomic E-state index is 0.305. The molecule has 1 aromatic heterocycles. The predicted octanol–water partition coefficient (Wildman–Crippen LogP) is 3.27. The number of ether oxygens (including phenoxy) is 1. The van der Waals surface area contributed by atoms with Crippen molar-refractivity contribution in [3.8, 4) is 0 Å². The fraction of sp³-hybridized carbons (Fsp3) is 0.214. The first kappa shape index (κ1) is 12.8. The van der Waals surface area contributed by atoms with Crippen LogP contribution in [-0.4, -0.2) is 17.6 Å². The molecule has 3 nitrogen and oxygen atoms in total. The lowest BCUT2D eigenvalue weighted by Gasteiger charge is -2.03. The van der Waals surface area contributed by atoms with E-state index in [0.717, 1.165) is 15.5 Å². The minimum Gasteiger partial charge on any atom is -0.464 e. The van der Waals surface area contributed by atoms with Crippen LogP contribution in [0.25, 0.3) is 0 Å². The van der Waals surface area contributed by atoms with Gasteiger partial charge in [0.2, 0.25) is 0 Å². The molecule has 0 aliphatic rings. The van der Waals surface area contributed by atoms with Crippen LogP contribution in [0, 0.1) is 6.92 Å². The van der Waals surface area contributed by atoms with E-state index in [0.29, 0.717) is 5.69 Å². The lowest BCUT2D eigenvalue weighted by atomic mass is 10.4. The van der Waals surface area contributed by atoms with Gasteiger partial charge in [0.15, 0.2) is 0 Å². The Morgan fingerprint density at radius 2 is 1.94 bits per heavy atom. The summed E-state index contributed by atoms with van der Waals surface area (Å²) in [6, 6.07) is 12.0. The second-order valence-corrected chi connectivity index (χ2v) is 5.06. The van der Waals surface area contributed by atoms with Gasteiger partial charge in [0.1, 0.15) is 5.69 Å². The van der Waals surface area contributed by atoms with Crippen LogP contribution >= 0.6 is 11.8 Å². The number of carbonyl (C=O) groups excluding carboxylic acids is 1. The molecule has 1 aromatic carbocycles. The third-order valence-corrected chi connectivity index (χ3v) is 4.00. The van der Waals surface area contributed by atoms with Crippen molar-refractivity contribution in [3.05, 3.63) is 47.8 Å². The van der Waals surface area contributed by atoms with E-state index in [1.54, 1.807) is 11.8 Å². The van der Waals surface area contributed by atoms with Crippen LogP contribution in [0.4, 0.5) is 0 Å². The van der Waals surface area contributed by atoms with Gasteiger partial charge in [-0.3, -0.25) is 0 Å². The summed E-state index contributed by atoms with van der Waals surface area (Å²) in [7, 11) is 3.27. The van der Waals surface area contributed by atoms with Gasteiger partial charge in [0.25, 0.3) is 0 Å². The van der Waals surface area contributed by atoms with Crippen LogP contribution in [0.15, 0.2) is 46.2 Å². The largest absolute Gasteiger partial charge is 0.464 e. The number of carbonyl (C=O) groups is 1. The van der Waals surface area contributed by atoms with Gasteiger partial charge in [-0.05, 0) is 25.1 Å². The number of hydrogen-bond donors (Lipinski definition) is 0. The number of hydrogen-bond acceptors (Lipinski definition) is 3. The average Bonchev–Trinajstić information content (AvgIpc) is 2.67. The highest BCUT2D eigenvalue weighted by atomic mass is 32.2. The van der Waals surface area contributed by atoms with Crippen molar-refractivity contribution in [1.29, 1.82) is 0 Å². The maximum atomic E-state index is 11.6. The number of benzene rings is 1. The summed E-state index contributed by atoms with van der Waals surface area (Å²) < 4.78 is 6.62. The first-order valence-electron chi connectivity index (χ1n) is 5.61. The molecule has 0 atom stereocenters. The molecule has 0 bridgehead atoms. The molecule has 0 aliphatic carbocycles. The lowest BCUT2D eigenvalue weighted by molar-refractivity contribution is 0.0589. The van der Waals surface area contributed by atoms with E-state index in [9.17, 15) is 4.79 Å². The molecular formula is C14H15NO2S. The van der Waals surface area contributed by atoms with Crippen molar-refractivity contribution in [2.45, 2.75) is 16.7 Å². The van der Waals surface area contributed by atoms with E-state index >= 15 is 0 Å². The van der Waals surface area contributed by atoms with Crippen LogP contribution in [-0.2, 0) is 11.8 Å². The van der Waals surface area contributed by atoms with E-state index in [1.165, 1.54) is 7.11 Å². The van der Waals surface area contributed by atoms with Gasteiger partial charge in [-0.2, -0.15) is 0 Å². The first-order valence-corrected chi connectivity index (χ1v) is 6.42. The number of methoxy groups -OCH3 is 1. The van der Waals surface area contributed by atoms with Crippen molar-refractivity contribution in [1.82, 2.24) is 4.57 Å². The topological polar surface area (TPSA) is 31.2 Å². The normalized spacial score (nSPS) is 10.4. The molecule has 4 heteroatoms. The summed E-state index contributed by atoms with van der Waals surface area (Å²) in [6.07, 6.45) is 0. The van der Waals surface area contributed by atoms with Gasteiger partial charge in [0.05, 0.1) is 7.11 Å². The second-order valence-electron chi connectivity index (χ2n) is 3.94. The van der Waals surface area contributed by atoms with Crippen LogP contribution < -0.4 is 0 Å². The maximum absolute atomic E-state index is 11.6. The molecule has 0 amide bonds. The Morgan fingerprint density at radius 3 is 2.56 bits per heavy atom. The van der Waals surface area contributed by atoms with Crippen molar-refractivity contribution in [2.24, 2.45) is 7.05 Å². The fourth-order valence-corrected chi connectivity index (χ4v) is 2.69. The van der Waals surface area contributed by atoms with E-state index in [4.69, 9.17) is 4.74 Å². The molecule has 0 unspecified atom stereocenters. The SMILES string of the molecule is COC(=O)c1cc(Sc2ccccc2)c(C)n1C. The van der Waals surface area contributed by atoms with Crippen LogP contribution in [0.1, 0.15) is 16.2 Å². The summed E-state index contributed by atoms with van der Waals surface area (Å²) in [6.45, 7) is 2.00. The quantitative estimate of drug-likeness (QED) is 0.795. The van der Waals surface area contributed by atoms with Crippen LogP contribution in [0.3, 0.4) is 0 Å². The highest BCUT2D eigenvalue weighted by Crippen LogP contribution is 2.32. The zero-order valence-electron chi connectivity index (χ0n) is 10.6. The van der Waals surface area contributed by atoms with Gasteiger partial charge >= 0.3 is 5.97 Å². The summed E-state index contributed by atoms with van der Waals surface area (Å²) >= 11 is 1.65. The molecule has 94 valence electrons. The Labute approximate surface area is 111 Å². The lowest BCUT2D eigenvalue weighted by Crippen LogP contribution is -2.07. The number of rotatable bonds is 3. The molecule has 18 heavy (non-hydrogen) atoms. The molecular weight excluding hydrogens is 246 g/mol. The molecule has 0 N–H and O–H groups in total. The van der Waals surface area contributed by atoms with Crippen molar-refractivity contribution in [3.63, 3.8) is 0 Å². The Hall–Kier alpha value is -1.68. The standard InChI is InChI=1S/C14H15NO2S/c1-10-13(18-11-7-5-4-6-8-11)9-12(15(10)2)14(16)17-3/h4-9H,1-3H3. The van der Waals surface area contributed by atoms with Gasteiger partial charge in [-0.25, -0.2) is 4.79 Å². The number of aromatic nitrogens is 1. The fourth-order valence-electron chi connectivity index (χ4n) is 1.69. The third-order valence-electron chi connectivity index (χ3n) is 2.85. The van der Waals surface area contributed by atoms with E-state index in [2.05, 4.69) is 12.1 Å². The van der Waals surface area contributed by atoms with Gasteiger partial charge in [0, 0.05) is 22.5 Å². The molecule has 1 heterocycles. The summed E-state index contributed by atoms with van der Waals surface area (Å²) in [5.74, 6) is -0.305. The van der Waals surface area contributed by atoms with E-state index in [-0.39, 0.29) is 5.97 Å². The molecule has 0 spiro atoms. The number of nitrogens with zero attached hydrogens (tertiary/aromatic N) is 1. The van der Waals surface area contributed by atoms with Gasteiger partial charge in [-0.1, -0.05) is 30.0 Å². The summed E-state index contributed by atoms with van der Waals surface area (Å²) in [5.41, 5.74) is 1.64. The Kier molecular flexibility index (Phi) is 3.77. The molecule has 0 radical (unpaired) electrons. The molecule has 0 saturated heterocycles.